The van der Waals surface area contributed by atoms with Gasteiger partial charge in [0.2, 0.25) is 5.91 Å². The zero-order valence-corrected chi connectivity index (χ0v) is 23.4. The molecule has 3 aliphatic rings. The summed E-state index contributed by atoms with van der Waals surface area (Å²) < 4.78 is 11.4. The van der Waals surface area contributed by atoms with Crippen LogP contribution in [0.5, 0.6) is 5.75 Å². The summed E-state index contributed by atoms with van der Waals surface area (Å²) in [5, 5.41) is 12.2. The summed E-state index contributed by atoms with van der Waals surface area (Å²) >= 11 is 1.44. The van der Waals surface area contributed by atoms with Crippen LogP contribution in [0.2, 0.25) is 0 Å². The lowest BCUT2D eigenvalue weighted by Crippen LogP contribution is -2.40. The van der Waals surface area contributed by atoms with Crippen molar-refractivity contribution in [2.75, 3.05) is 43.2 Å². The maximum Gasteiger partial charge on any atom is 0.304 e. The number of likely N-dealkylation sites (N-methyl/N-ethyl adjacent to an activating group) is 1. The van der Waals surface area contributed by atoms with Gasteiger partial charge in [0, 0.05) is 54.9 Å². The van der Waals surface area contributed by atoms with Gasteiger partial charge < -0.3 is 19.5 Å². The van der Waals surface area contributed by atoms with Gasteiger partial charge in [0.15, 0.2) is 16.7 Å². The van der Waals surface area contributed by atoms with Gasteiger partial charge in [-0.15, -0.1) is 11.3 Å². The van der Waals surface area contributed by atoms with Crippen LogP contribution in [0.15, 0.2) is 41.9 Å². The molecule has 0 radical (unpaired) electrons. The smallest absolute Gasteiger partial charge is 0.304 e. The van der Waals surface area contributed by atoms with E-state index in [0.717, 1.165) is 66.2 Å². The number of fused-ring (bicyclic) bond motifs is 1. The van der Waals surface area contributed by atoms with Crippen molar-refractivity contribution < 1.29 is 24.2 Å². The molecule has 0 bridgehead atoms. The quantitative estimate of drug-likeness (QED) is 0.384. The summed E-state index contributed by atoms with van der Waals surface area (Å²) in [4.78, 5) is 39.1. The second-order valence-electron chi connectivity index (χ2n) is 10.9. The minimum atomic E-state index is -0.941. The number of aromatic nitrogens is 2. The first-order valence-electron chi connectivity index (χ1n) is 14.0. The molecular weight excluding hydrogens is 528 g/mol. The van der Waals surface area contributed by atoms with Crippen molar-refractivity contribution in [2.45, 2.75) is 44.6 Å². The Morgan fingerprint density at radius 3 is 2.67 bits per heavy atom. The number of benzene rings is 1. The number of carbonyl (C=O) groups is 2. The molecule has 0 unspecified atom stereocenters. The number of hydrogen-bond acceptors (Lipinski definition) is 8. The van der Waals surface area contributed by atoms with Crippen molar-refractivity contribution in [3.8, 4) is 28.1 Å². The van der Waals surface area contributed by atoms with E-state index in [1.165, 1.54) is 11.3 Å². The summed E-state index contributed by atoms with van der Waals surface area (Å²) in [5.41, 5.74) is 3.65. The zero-order valence-electron chi connectivity index (χ0n) is 22.6. The number of thiazole rings is 1. The monoisotopic (exact) mass is 562 g/mol. The predicted molar refractivity (Wildman–Crippen MR) is 154 cm³/mol. The van der Waals surface area contributed by atoms with Crippen LogP contribution in [0.3, 0.4) is 0 Å². The molecule has 10 heteroatoms. The van der Waals surface area contributed by atoms with E-state index in [1.54, 1.807) is 4.90 Å². The number of hydrogen-bond donors (Lipinski definition) is 1. The normalized spacial score (nSPS) is 18.1. The Bertz CT molecular complexity index is 1380. The van der Waals surface area contributed by atoms with Crippen LogP contribution in [0.4, 0.5) is 10.9 Å². The van der Waals surface area contributed by atoms with Crippen LogP contribution in [0.25, 0.3) is 22.4 Å². The highest BCUT2D eigenvalue weighted by Gasteiger charge is 2.40. The Morgan fingerprint density at radius 2 is 1.93 bits per heavy atom. The number of carbonyl (C=O) groups excluding carboxylic acids is 1. The minimum Gasteiger partial charge on any atom is -0.488 e. The molecule has 9 nitrogen and oxygen atoms in total. The Morgan fingerprint density at radius 1 is 1.15 bits per heavy atom. The Labute approximate surface area is 237 Å². The molecule has 6 rings (SSSR count). The molecule has 40 heavy (non-hydrogen) atoms. The summed E-state index contributed by atoms with van der Waals surface area (Å²) in [6.45, 7) is 2.76. The largest absolute Gasteiger partial charge is 0.488 e. The van der Waals surface area contributed by atoms with E-state index >= 15 is 0 Å². The molecule has 1 aliphatic carbocycles. The first kappa shape index (κ1) is 26.7. The lowest BCUT2D eigenvalue weighted by Gasteiger charge is -2.29. The lowest BCUT2D eigenvalue weighted by atomic mass is 9.86. The molecule has 1 aromatic carbocycles. The molecule has 2 fully saturated rings. The lowest BCUT2D eigenvalue weighted by molar-refractivity contribution is -0.141. The highest BCUT2D eigenvalue weighted by atomic mass is 32.1. The number of anilines is 2. The molecular formula is C30H34N4O5S. The average molecular weight is 563 g/mol. The van der Waals surface area contributed by atoms with Crippen LogP contribution in [-0.4, -0.2) is 66.4 Å². The summed E-state index contributed by atoms with van der Waals surface area (Å²) in [5.74, 6) is 0.268. The standard InChI is InChI=1S/C30H34N4O5S/c1-33-10-13-39-26-15-21(17-31-28(26)33)23-4-2-3-5-24(23)25-18-40-30(32-25)34(22-6-7-22)29(37)20(16-27(35)36)14-19-8-11-38-12-9-19/h2-5,15,17-20,22H,6-14,16H2,1H3,(H,35,36)/t20-/m1/s1. The summed E-state index contributed by atoms with van der Waals surface area (Å²) in [7, 11) is 2.01. The van der Waals surface area contributed by atoms with Crippen LogP contribution in [0.1, 0.15) is 38.5 Å². The van der Waals surface area contributed by atoms with Crippen molar-refractivity contribution in [3.05, 3.63) is 41.9 Å². The average Bonchev–Trinajstić information content (AvgIpc) is 3.68. The molecule has 2 aromatic heterocycles. The van der Waals surface area contributed by atoms with Gasteiger partial charge in [-0.05, 0) is 49.7 Å². The van der Waals surface area contributed by atoms with Crippen molar-refractivity contribution in [1.82, 2.24) is 9.97 Å². The van der Waals surface area contributed by atoms with E-state index in [1.807, 2.05) is 49.0 Å². The maximum atomic E-state index is 13.9. The van der Waals surface area contributed by atoms with Gasteiger partial charge in [-0.25, -0.2) is 9.97 Å². The van der Waals surface area contributed by atoms with E-state index in [0.29, 0.717) is 37.3 Å². The molecule has 2 aliphatic heterocycles. The molecule has 1 N–H and O–H groups in total. The van der Waals surface area contributed by atoms with Crippen molar-refractivity contribution in [3.63, 3.8) is 0 Å². The van der Waals surface area contributed by atoms with Gasteiger partial charge in [0.1, 0.15) is 6.61 Å². The zero-order chi connectivity index (χ0) is 27.6. The van der Waals surface area contributed by atoms with E-state index in [9.17, 15) is 14.7 Å². The molecule has 0 spiro atoms. The molecule has 1 amide bonds. The number of carboxylic acids is 1. The summed E-state index contributed by atoms with van der Waals surface area (Å²) in [6.07, 6.45) is 5.81. The van der Waals surface area contributed by atoms with Gasteiger partial charge >= 0.3 is 5.97 Å². The Balaban J connectivity index is 1.28. The van der Waals surface area contributed by atoms with E-state index in [-0.39, 0.29) is 18.4 Å². The summed E-state index contributed by atoms with van der Waals surface area (Å²) in [6, 6.07) is 10.1. The second-order valence-corrected chi connectivity index (χ2v) is 11.7. The Kier molecular flexibility index (Phi) is 7.71. The van der Waals surface area contributed by atoms with Crippen LogP contribution in [-0.2, 0) is 14.3 Å². The minimum absolute atomic E-state index is 0.0757. The van der Waals surface area contributed by atoms with E-state index < -0.39 is 11.9 Å². The maximum absolute atomic E-state index is 13.9. The third kappa shape index (κ3) is 5.69. The third-order valence-electron chi connectivity index (χ3n) is 7.97. The fourth-order valence-corrected chi connectivity index (χ4v) is 6.56. The SMILES string of the molecule is CN1CCOc2cc(-c3ccccc3-c3csc(N(C(=O)[C@@H](CC(=O)O)CC4CCOCC4)C4CC4)n3)cnc21. The fourth-order valence-electron chi connectivity index (χ4n) is 5.66. The van der Waals surface area contributed by atoms with Gasteiger partial charge in [-0.1, -0.05) is 24.3 Å². The van der Waals surface area contributed by atoms with Gasteiger partial charge in [0.25, 0.3) is 0 Å². The van der Waals surface area contributed by atoms with Gasteiger partial charge in [-0.3, -0.25) is 14.5 Å². The molecule has 1 saturated carbocycles. The van der Waals surface area contributed by atoms with Crippen molar-refractivity contribution in [2.24, 2.45) is 11.8 Å². The number of rotatable bonds is 9. The second kappa shape index (κ2) is 11.5. The number of nitrogens with zero attached hydrogens (tertiary/aromatic N) is 4. The fraction of sp³-hybridized carbons (Fsp3) is 0.467. The highest BCUT2D eigenvalue weighted by molar-refractivity contribution is 7.14. The number of amides is 1. The third-order valence-corrected chi connectivity index (χ3v) is 8.81. The molecule has 1 saturated heterocycles. The highest BCUT2D eigenvalue weighted by Crippen LogP contribution is 2.41. The number of ether oxygens (including phenoxy) is 2. The molecule has 4 heterocycles. The van der Waals surface area contributed by atoms with Crippen LogP contribution in [0, 0.1) is 11.8 Å². The molecule has 1 atom stereocenters. The van der Waals surface area contributed by atoms with Crippen molar-refractivity contribution in [1.29, 1.82) is 0 Å². The molecule has 3 aromatic rings. The van der Waals surface area contributed by atoms with Crippen molar-refractivity contribution >= 4 is 34.2 Å². The Hall–Kier alpha value is -3.50. The predicted octanol–water partition coefficient (Wildman–Crippen LogP) is 5.10. The first-order valence-corrected chi connectivity index (χ1v) is 14.9. The number of aliphatic carboxylic acids is 1. The molecule has 210 valence electrons. The number of carboxylic acid groups (broad SMARTS) is 1. The number of pyridine rings is 1. The van der Waals surface area contributed by atoms with Crippen LogP contribution < -0.4 is 14.5 Å². The van der Waals surface area contributed by atoms with Gasteiger partial charge in [-0.2, -0.15) is 0 Å². The topological polar surface area (TPSA) is 105 Å². The van der Waals surface area contributed by atoms with E-state index in [4.69, 9.17) is 14.5 Å². The first-order chi connectivity index (χ1) is 19.5. The van der Waals surface area contributed by atoms with Crippen LogP contribution >= 0.6 is 11.3 Å². The van der Waals surface area contributed by atoms with Gasteiger partial charge in [0.05, 0.1) is 18.7 Å². The van der Waals surface area contributed by atoms with E-state index in [2.05, 4.69) is 9.88 Å².